The Balaban J connectivity index is 2.21. The summed E-state index contributed by atoms with van der Waals surface area (Å²) in [5.74, 6) is -1.15. The van der Waals surface area contributed by atoms with Gasteiger partial charge in [0.1, 0.15) is 11.5 Å². The van der Waals surface area contributed by atoms with E-state index in [1.54, 1.807) is 6.07 Å². The van der Waals surface area contributed by atoms with E-state index >= 15 is 0 Å². The van der Waals surface area contributed by atoms with Crippen LogP contribution in [0.4, 0.5) is 18.9 Å². The molecule has 0 amide bonds. The van der Waals surface area contributed by atoms with Gasteiger partial charge >= 0.3 is 12.1 Å². The third-order valence-corrected chi connectivity index (χ3v) is 4.13. The van der Waals surface area contributed by atoms with Crippen LogP contribution < -0.4 is 9.64 Å². The Morgan fingerprint density at radius 3 is 2.44 bits per heavy atom. The Hall–Kier alpha value is -2.55. The number of carbonyl (C=O) groups is 2. The van der Waals surface area contributed by atoms with Crippen molar-refractivity contribution in [2.75, 3.05) is 18.2 Å². The minimum Gasteiger partial charge on any atom is -0.478 e. The van der Waals surface area contributed by atoms with Gasteiger partial charge in [0, 0.05) is 5.69 Å². The zero-order valence-electron chi connectivity index (χ0n) is 14.1. The Morgan fingerprint density at radius 2 is 1.89 bits per heavy atom. The van der Waals surface area contributed by atoms with Crippen LogP contribution in [0.5, 0.6) is 5.75 Å². The van der Waals surface area contributed by atoms with Crippen molar-refractivity contribution >= 4 is 33.4 Å². The van der Waals surface area contributed by atoms with Gasteiger partial charge in [-0.3, -0.25) is 4.79 Å². The molecule has 9 heteroatoms. The SMILES string of the molecule is CC(=O)CN(COc1ccc(C(F)(F)F)cc1Br)c1cccc(C(=O)O)c1. The van der Waals surface area contributed by atoms with Crippen LogP contribution >= 0.6 is 15.9 Å². The molecule has 0 heterocycles. The fourth-order valence-corrected chi connectivity index (χ4v) is 2.75. The molecule has 0 saturated heterocycles. The first kappa shape index (κ1) is 20.8. The lowest BCUT2D eigenvalue weighted by Crippen LogP contribution is -2.32. The maximum absolute atomic E-state index is 12.7. The summed E-state index contributed by atoms with van der Waals surface area (Å²) in [6, 6.07) is 8.89. The highest BCUT2D eigenvalue weighted by molar-refractivity contribution is 9.10. The van der Waals surface area contributed by atoms with Gasteiger partial charge in [-0.05, 0) is 59.3 Å². The lowest BCUT2D eigenvalue weighted by atomic mass is 10.2. The molecular weight excluding hydrogens is 431 g/mol. The normalized spacial score (nSPS) is 11.1. The van der Waals surface area contributed by atoms with Crippen molar-refractivity contribution in [2.24, 2.45) is 0 Å². The summed E-state index contributed by atoms with van der Waals surface area (Å²) in [6.45, 7) is 1.15. The topological polar surface area (TPSA) is 66.8 Å². The molecule has 0 atom stereocenters. The quantitative estimate of drug-likeness (QED) is 0.630. The van der Waals surface area contributed by atoms with E-state index in [1.807, 2.05) is 0 Å². The minimum absolute atomic E-state index is 0.0387. The van der Waals surface area contributed by atoms with Crippen LogP contribution in [-0.4, -0.2) is 30.1 Å². The molecule has 1 N–H and O–H groups in total. The van der Waals surface area contributed by atoms with Crippen molar-refractivity contribution in [3.8, 4) is 5.75 Å². The molecule has 0 spiro atoms. The number of benzene rings is 2. The highest BCUT2D eigenvalue weighted by atomic mass is 79.9. The number of nitrogens with zero attached hydrogens (tertiary/aromatic N) is 1. The second kappa shape index (κ2) is 8.43. The maximum atomic E-state index is 12.7. The van der Waals surface area contributed by atoms with Crippen LogP contribution in [0, 0.1) is 0 Å². The van der Waals surface area contributed by atoms with Crippen molar-refractivity contribution in [2.45, 2.75) is 13.1 Å². The summed E-state index contributed by atoms with van der Waals surface area (Å²) in [7, 11) is 0. The minimum atomic E-state index is -4.47. The van der Waals surface area contributed by atoms with Crippen LogP contribution in [0.15, 0.2) is 46.9 Å². The zero-order valence-corrected chi connectivity index (χ0v) is 15.7. The fourth-order valence-electron chi connectivity index (χ4n) is 2.26. The lowest BCUT2D eigenvalue weighted by molar-refractivity contribution is -0.137. The van der Waals surface area contributed by atoms with Gasteiger partial charge in [-0.2, -0.15) is 13.2 Å². The van der Waals surface area contributed by atoms with Crippen LogP contribution in [0.3, 0.4) is 0 Å². The Labute approximate surface area is 161 Å². The Kier molecular flexibility index (Phi) is 6.48. The Morgan fingerprint density at radius 1 is 1.19 bits per heavy atom. The molecule has 2 rings (SSSR count). The van der Waals surface area contributed by atoms with Crippen molar-refractivity contribution in [1.82, 2.24) is 0 Å². The van der Waals surface area contributed by atoms with Gasteiger partial charge in [-0.25, -0.2) is 4.79 Å². The number of aromatic carboxylic acids is 1. The molecule has 5 nitrogen and oxygen atoms in total. The van der Waals surface area contributed by atoms with Gasteiger partial charge in [-0.15, -0.1) is 0 Å². The zero-order chi connectivity index (χ0) is 20.2. The van der Waals surface area contributed by atoms with Gasteiger partial charge < -0.3 is 14.7 Å². The first-order valence-corrected chi connectivity index (χ1v) is 8.44. The molecule has 0 aromatic heterocycles. The third-order valence-electron chi connectivity index (χ3n) is 3.51. The largest absolute Gasteiger partial charge is 0.478 e. The number of ether oxygens (including phenoxy) is 1. The first-order chi connectivity index (χ1) is 12.6. The first-order valence-electron chi connectivity index (χ1n) is 7.65. The second-order valence-corrected chi connectivity index (χ2v) is 6.53. The lowest BCUT2D eigenvalue weighted by Gasteiger charge is -2.24. The molecular formula is C18H15BrF3NO4. The number of rotatable bonds is 7. The van der Waals surface area contributed by atoms with Crippen molar-refractivity contribution in [1.29, 1.82) is 0 Å². The molecule has 0 aliphatic heterocycles. The van der Waals surface area contributed by atoms with Gasteiger partial charge in [0.05, 0.1) is 22.1 Å². The molecule has 0 aliphatic carbocycles. The average molecular weight is 446 g/mol. The van der Waals surface area contributed by atoms with E-state index in [1.165, 1.54) is 36.1 Å². The fraction of sp³-hybridized carbons (Fsp3) is 0.222. The average Bonchev–Trinajstić information content (AvgIpc) is 2.58. The third kappa shape index (κ3) is 5.72. The van der Waals surface area contributed by atoms with Crippen LogP contribution in [0.2, 0.25) is 0 Å². The molecule has 0 aliphatic rings. The highest BCUT2D eigenvalue weighted by Gasteiger charge is 2.31. The van der Waals surface area contributed by atoms with Crippen molar-refractivity contribution in [3.63, 3.8) is 0 Å². The van der Waals surface area contributed by atoms with Crippen molar-refractivity contribution < 1.29 is 32.6 Å². The molecule has 0 saturated carbocycles. The number of halogens is 4. The molecule has 0 fully saturated rings. The van der Waals surface area contributed by atoms with E-state index in [-0.39, 0.29) is 34.8 Å². The van der Waals surface area contributed by atoms with Crippen LogP contribution in [0.1, 0.15) is 22.8 Å². The Bertz CT molecular complexity index is 855. The smallest absolute Gasteiger partial charge is 0.416 e. The van der Waals surface area contributed by atoms with E-state index < -0.39 is 17.7 Å². The predicted molar refractivity (Wildman–Crippen MR) is 96.1 cm³/mol. The predicted octanol–water partition coefficient (Wildman–Crippen LogP) is 4.60. The standard InChI is InChI=1S/C18H15BrF3NO4/c1-11(24)9-23(14-4-2-3-12(7-14)17(25)26)10-27-16-6-5-13(8-15(16)19)18(20,21)22/h2-8H,9-10H2,1H3,(H,25,26). The van der Waals surface area contributed by atoms with Gasteiger partial charge in [0.2, 0.25) is 0 Å². The van der Waals surface area contributed by atoms with E-state index in [9.17, 15) is 22.8 Å². The van der Waals surface area contributed by atoms with Crippen LogP contribution in [-0.2, 0) is 11.0 Å². The molecule has 0 radical (unpaired) electrons. The summed E-state index contributed by atoms with van der Waals surface area (Å²) in [5, 5.41) is 9.09. The summed E-state index contributed by atoms with van der Waals surface area (Å²) in [6.07, 6.45) is -4.47. The number of hydrogen-bond donors (Lipinski definition) is 1. The number of carboxylic acid groups (broad SMARTS) is 1. The second-order valence-electron chi connectivity index (χ2n) is 5.67. The van der Waals surface area contributed by atoms with E-state index in [0.717, 1.165) is 12.1 Å². The van der Waals surface area contributed by atoms with E-state index in [2.05, 4.69) is 15.9 Å². The summed E-state index contributed by atoms with van der Waals surface area (Å²) >= 11 is 3.04. The summed E-state index contributed by atoms with van der Waals surface area (Å²) < 4.78 is 43.8. The number of carboxylic acids is 1. The number of Topliss-reactive ketones (excluding diaryl/α,β-unsaturated/α-hetero) is 1. The summed E-state index contributed by atoms with van der Waals surface area (Å²) in [5.41, 5.74) is -0.346. The van der Waals surface area contributed by atoms with Crippen molar-refractivity contribution in [3.05, 3.63) is 58.1 Å². The number of anilines is 1. The van der Waals surface area contributed by atoms with Gasteiger partial charge in [0.25, 0.3) is 0 Å². The number of alkyl halides is 3. The van der Waals surface area contributed by atoms with E-state index in [0.29, 0.717) is 5.69 Å². The number of ketones is 1. The number of carbonyl (C=O) groups excluding carboxylic acids is 1. The molecule has 2 aromatic rings. The maximum Gasteiger partial charge on any atom is 0.416 e. The molecule has 0 unspecified atom stereocenters. The molecule has 27 heavy (non-hydrogen) atoms. The number of hydrogen-bond acceptors (Lipinski definition) is 4. The van der Waals surface area contributed by atoms with Gasteiger partial charge in [-0.1, -0.05) is 6.07 Å². The van der Waals surface area contributed by atoms with E-state index in [4.69, 9.17) is 9.84 Å². The highest BCUT2D eigenvalue weighted by Crippen LogP contribution is 2.35. The summed E-state index contributed by atoms with van der Waals surface area (Å²) in [4.78, 5) is 24.1. The monoisotopic (exact) mass is 445 g/mol. The molecule has 0 bridgehead atoms. The molecule has 2 aromatic carbocycles. The van der Waals surface area contributed by atoms with Crippen LogP contribution in [0.25, 0.3) is 0 Å². The van der Waals surface area contributed by atoms with Gasteiger partial charge in [0.15, 0.2) is 6.73 Å². The molecule has 144 valence electrons.